The van der Waals surface area contributed by atoms with Gasteiger partial charge in [0.1, 0.15) is 17.6 Å². The van der Waals surface area contributed by atoms with E-state index in [0.717, 1.165) is 29.4 Å². The van der Waals surface area contributed by atoms with E-state index in [4.69, 9.17) is 4.74 Å². The van der Waals surface area contributed by atoms with E-state index >= 15 is 0 Å². The first kappa shape index (κ1) is 13.7. The van der Waals surface area contributed by atoms with Crippen molar-refractivity contribution in [3.63, 3.8) is 0 Å². The summed E-state index contributed by atoms with van der Waals surface area (Å²) >= 11 is 0. The highest BCUT2D eigenvalue weighted by Gasteiger charge is 2.25. The third-order valence-electron chi connectivity index (χ3n) is 3.64. The Balaban J connectivity index is 1.83. The average Bonchev–Trinajstić information content (AvgIpc) is 3.31. The van der Waals surface area contributed by atoms with E-state index in [0.29, 0.717) is 11.9 Å². The van der Waals surface area contributed by atoms with Crippen LogP contribution in [0.4, 0.5) is 5.82 Å². The lowest BCUT2D eigenvalue weighted by Gasteiger charge is -2.16. The number of hydrogen-bond donors (Lipinski definition) is 2. The first-order valence-electron chi connectivity index (χ1n) is 7.17. The molecule has 21 heavy (non-hydrogen) atoms. The molecule has 0 aliphatic heterocycles. The molecule has 1 aliphatic rings. The molecule has 1 unspecified atom stereocenters. The summed E-state index contributed by atoms with van der Waals surface area (Å²) in [4.78, 5) is 16.4. The summed E-state index contributed by atoms with van der Waals surface area (Å²) in [6.45, 7) is 1.85. The molecule has 1 aromatic carbocycles. The standard InChI is InChI=1S/C16H19N3O2/c1-10(16(20)19-12-4-5-12)18-15-14-9-13(21-2)6-3-11(14)7-8-17-15/h3,6-10,12H,4-5H2,1-2H3,(H,17,18)(H,19,20). The lowest BCUT2D eigenvalue weighted by Crippen LogP contribution is -2.38. The van der Waals surface area contributed by atoms with E-state index in [-0.39, 0.29) is 11.9 Å². The van der Waals surface area contributed by atoms with Crippen molar-refractivity contribution in [3.8, 4) is 5.75 Å². The van der Waals surface area contributed by atoms with Crippen molar-refractivity contribution in [2.45, 2.75) is 31.8 Å². The highest BCUT2D eigenvalue weighted by molar-refractivity contribution is 5.94. The van der Waals surface area contributed by atoms with Gasteiger partial charge in [-0.15, -0.1) is 0 Å². The first-order valence-corrected chi connectivity index (χ1v) is 7.17. The molecular weight excluding hydrogens is 266 g/mol. The predicted molar refractivity (Wildman–Crippen MR) is 82.5 cm³/mol. The molecule has 5 heteroatoms. The highest BCUT2D eigenvalue weighted by atomic mass is 16.5. The van der Waals surface area contributed by atoms with Crippen molar-refractivity contribution in [2.24, 2.45) is 0 Å². The molecule has 3 rings (SSSR count). The molecule has 5 nitrogen and oxygen atoms in total. The number of amides is 1. The van der Waals surface area contributed by atoms with Gasteiger partial charge in [-0.05, 0) is 43.4 Å². The Kier molecular flexibility index (Phi) is 3.64. The number of methoxy groups -OCH3 is 1. The molecule has 0 radical (unpaired) electrons. The molecular formula is C16H19N3O2. The third-order valence-corrected chi connectivity index (χ3v) is 3.64. The predicted octanol–water partition coefficient (Wildman–Crippen LogP) is 2.32. The largest absolute Gasteiger partial charge is 0.497 e. The van der Waals surface area contributed by atoms with Crippen LogP contribution in [0.2, 0.25) is 0 Å². The summed E-state index contributed by atoms with van der Waals surface area (Å²) < 4.78 is 5.26. The second kappa shape index (κ2) is 5.60. The first-order chi connectivity index (χ1) is 10.2. The second-order valence-electron chi connectivity index (χ2n) is 5.40. The van der Waals surface area contributed by atoms with E-state index in [2.05, 4.69) is 15.6 Å². The topological polar surface area (TPSA) is 63.2 Å². The third kappa shape index (κ3) is 3.07. The van der Waals surface area contributed by atoms with Gasteiger partial charge in [-0.2, -0.15) is 0 Å². The lowest BCUT2D eigenvalue weighted by atomic mass is 10.1. The normalized spacial score (nSPS) is 15.5. The molecule has 1 saturated carbocycles. The molecule has 1 heterocycles. The minimum atomic E-state index is -0.324. The van der Waals surface area contributed by atoms with Crippen LogP contribution in [0.25, 0.3) is 10.8 Å². The highest BCUT2D eigenvalue weighted by Crippen LogP contribution is 2.26. The summed E-state index contributed by atoms with van der Waals surface area (Å²) in [7, 11) is 1.64. The smallest absolute Gasteiger partial charge is 0.242 e. The van der Waals surface area contributed by atoms with Crippen LogP contribution in [0.1, 0.15) is 19.8 Å². The molecule has 1 aliphatic carbocycles. The van der Waals surface area contributed by atoms with E-state index in [9.17, 15) is 4.79 Å². The van der Waals surface area contributed by atoms with Gasteiger partial charge in [0, 0.05) is 17.6 Å². The maximum atomic E-state index is 12.0. The van der Waals surface area contributed by atoms with Gasteiger partial charge in [-0.3, -0.25) is 4.79 Å². The van der Waals surface area contributed by atoms with Crippen LogP contribution >= 0.6 is 0 Å². The van der Waals surface area contributed by atoms with Gasteiger partial charge in [0.25, 0.3) is 0 Å². The number of carbonyl (C=O) groups excluding carboxylic acids is 1. The SMILES string of the molecule is COc1ccc2ccnc(NC(C)C(=O)NC3CC3)c2c1. The van der Waals surface area contributed by atoms with E-state index in [1.54, 1.807) is 13.3 Å². The van der Waals surface area contributed by atoms with Gasteiger partial charge in [-0.1, -0.05) is 6.07 Å². The number of carbonyl (C=O) groups is 1. The van der Waals surface area contributed by atoms with Crippen LogP contribution < -0.4 is 15.4 Å². The molecule has 1 fully saturated rings. The molecule has 0 spiro atoms. The van der Waals surface area contributed by atoms with E-state index in [1.165, 1.54) is 0 Å². The number of benzene rings is 1. The van der Waals surface area contributed by atoms with Crippen LogP contribution in [-0.4, -0.2) is 30.1 Å². The molecule has 0 saturated heterocycles. The van der Waals surface area contributed by atoms with Crippen LogP contribution in [0.5, 0.6) is 5.75 Å². The maximum Gasteiger partial charge on any atom is 0.242 e. The van der Waals surface area contributed by atoms with Crippen molar-refractivity contribution in [1.82, 2.24) is 10.3 Å². The van der Waals surface area contributed by atoms with Gasteiger partial charge in [0.2, 0.25) is 5.91 Å². The number of ether oxygens (including phenoxy) is 1. The number of aromatic nitrogens is 1. The Morgan fingerprint density at radius 1 is 1.38 bits per heavy atom. The number of nitrogens with zero attached hydrogens (tertiary/aromatic N) is 1. The molecule has 1 aromatic heterocycles. The second-order valence-corrected chi connectivity index (χ2v) is 5.40. The summed E-state index contributed by atoms with van der Waals surface area (Å²) in [6.07, 6.45) is 3.91. The summed E-state index contributed by atoms with van der Waals surface area (Å²) in [6, 6.07) is 7.80. The quantitative estimate of drug-likeness (QED) is 0.885. The Bertz CT molecular complexity index is 668. The van der Waals surface area contributed by atoms with Crippen LogP contribution in [0.15, 0.2) is 30.5 Å². The molecule has 1 atom stereocenters. The number of nitrogens with one attached hydrogen (secondary N) is 2. The number of fused-ring (bicyclic) bond motifs is 1. The monoisotopic (exact) mass is 285 g/mol. The number of anilines is 1. The fourth-order valence-electron chi connectivity index (χ4n) is 2.21. The van der Waals surface area contributed by atoms with Crippen molar-refractivity contribution in [1.29, 1.82) is 0 Å². The fourth-order valence-corrected chi connectivity index (χ4v) is 2.21. The van der Waals surface area contributed by atoms with E-state index < -0.39 is 0 Å². The number of rotatable bonds is 5. The Morgan fingerprint density at radius 3 is 2.90 bits per heavy atom. The Hall–Kier alpha value is -2.30. The Labute approximate surface area is 123 Å². The average molecular weight is 285 g/mol. The van der Waals surface area contributed by atoms with Crippen molar-refractivity contribution in [2.75, 3.05) is 12.4 Å². The summed E-state index contributed by atoms with van der Waals surface area (Å²) in [5, 5.41) is 8.19. The molecule has 2 aromatic rings. The summed E-state index contributed by atoms with van der Waals surface area (Å²) in [5.74, 6) is 1.48. The zero-order chi connectivity index (χ0) is 14.8. The molecule has 0 bridgehead atoms. The van der Waals surface area contributed by atoms with Gasteiger partial charge in [0.15, 0.2) is 0 Å². The van der Waals surface area contributed by atoms with Gasteiger partial charge in [-0.25, -0.2) is 4.98 Å². The van der Waals surface area contributed by atoms with Crippen LogP contribution in [-0.2, 0) is 4.79 Å². The number of pyridine rings is 1. The van der Waals surface area contributed by atoms with Gasteiger partial charge in [0.05, 0.1) is 7.11 Å². The molecule has 1 amide bonds. The fraction of sp³-hybridized carbons (Fsp3) is 0.375. The molecule has 110 valence electrons. The molecule has 2 N–H and O–H groups in total. The van der Waals surface area contributed by atoms with Crippen LogP contribution in [0.3, 0.4) is 0 Å². The minimum Gasteiger partial charge on any atom is -0.497 e. The summed E-state index contributed by atoms with van der Waals surface area (Å²) in [5.41, 5.74) is 0. The van der Waals surface area contributed by atoms with Crippen molar-refractivity contribution in [3.05, 3.63) is 30.5 Å². The minimum absolute atomic E-state index is 0.0131. The Morgan fingerprint density at radius 2 is 2.19 bits per heavy atom. The van der Waals surface area contributed by atoms with E-state index in [1.807, 2.05) is 31.2 Å². The zero-order valence-corrected chi connectivity index (χ0v) is 12.2. The van der Waals surface area contributed by atoms with Crippen molar-refractivity contribution < 1.29 is 9.53 Å². The zero-order valence-electron chi connectivity index (χ0n) is 12.2. The number of hydrogen-bond acceptors (Lipinski definition) is 4. The van der Waals surface area contributed by atoms with Crippen LogP contribution in [0, 0.1) is 0 Å². The lowest BCUT2D eigenvalue weighted by molar-refractivity contribution is -0.121. The van der Waals surface area contributed by atoms with Gasteiger partial charge < -0.3 is 15.4 Å². The maximum absolute atomic E-state index is 12.0. The van der Waals surface area contributed by atoms with Gasteiger partial charge >= 0.3 is 0 Å². The van der Waals surface area contributed by atoms with Crippen molar-refractivity contribution >= 4 is 22.5 Å².